The largest absolute Gasteiger partial charge is 0.389 e. The summed E-state index contributed by atoms with van der Waals surface area (Å²) in [5.74, 6) is 0.840. The Morgan fingerprint density at radius 2 is 1.71 bits per heavy atom. The predicted octanol–water partition coefficient (Wildman–Crippen LogP) is 5.87. The van der Waals surface area contributed by atoms with E-state index in [0.717, 1.165) is 12.0 Å². The van der Waals surface area contributed by atoms with Gasteiger partial charge < -0.3 is 0 Å². The van der Waals surface area contributed by atoms with Crippen LogP contribution in [0.25, 0.3) is 0 Å². The molecule has 4 atom stereocenters. The van der Waals surface area contributed by atoms with Gasteiger partial charge in [-0.3, -0.25) is 0 Å². The van der Waals surface area contributed by atoms with Crippen molar-refractivity contribution in [3.63, 3.8) is 0 Å². The second-order valence-corrected chi connectivity index (χ2v) is 7.40. The molecule has 0 N–H and O–H groups in total. The first kappa shape index (κ1) is 16.4. The van der Waals surface area contributed by atoms with E-state index in [-0.39, 0.29) is 5.41 Å². The van der Waals surface area contributed by atoms with Crippen LogP contribution in [0.1, 0.15) is 46.1 Å². The van der Waals surface area contributed by atoms with Gasteiger partial charge in [-0.1, -0.05) is 58.0 Å². The second-order valence-electron chi connectivity index (χ2n) is 7.40. The van der Waals surface area contributed by atoms with Gasteiger partial charge >= 0.3 is 6.18 Å². The van der Waals surface area contributed by atoms with Gasteiger partial charge in [-0.15, -0.1) is 0 Å². The summed E-state index contributed by atoms with van der Waals surface area (Å²) in [5.41, 5.74) is -0.00623. The normalized spacial score (nSPS) is 32.3. The van der Waals surface area contributed by atoms with E-state index < -0.39 is 18.0 Å². The molecule has 21 heavy (non-hydrogen) atoms. The summed E-state index contributed by atoms with van der Waals surface area (Å²) in [5, 5.41) is 0. The number of alkyl halides is 3. The minimum absolute atomic E-state index is 0.252. The van der Waals surface area contributed by atoms with Gasteiger partial charge in [-0.05, 0) is 41.1 Å². The maximum atomic E-state index is 13.2. The number of hydrogen-bond donors (Lipinski definition) is 0. The third-order valence-corrected chi connectivity index (χ3v) is 6.01. The zero-order valence-electron chi connectivity index (χ0n) is 13.3. The van der Waals surface area contributed by atoms with Crippen LogP contribution >= 0.6 is 0 Å². The van der Waals surface area contributed by atoms with Gasteiger partial charge in [0.2, 0.25) is 0 Å². The highest BCUT2D eigenvalue weighted by molar-refractivity contribution is 5.19. The number of benzene rings is 1. The molecule has 1 fully saturated rings. The fourth-order valence-corrected chi connectivity index (χ4v) is 4.25. The van der Waals surface area contributed by atoms with E-state index >= 15 is 0 Å². The third-order valence-electron chi connectivity index (χ3n) is 6.01. The van der Waals surface area contributed by atoms with Gasteiger partial charge in [0.25, 0.3) is 0 Å². The van der Waals surface area contributed by atoms with E-state index in [1.807, 2.05) is 44.2 Å². The van der Waals surface area contributed by atoms with Crippen molar-refractivity contribution in [2.45, 2.75) is 53.1 Å². The van der Waals surface area contributed by atoms with Crippen molar-refractivity contribution >= 4 is 0 Å². The topological polar surface area (TPSA) is 0 Å². The molecule has 0 aromatic heterocycles. The summed E-state index contributed by atoms with van der Waals surface area (Å²) in [7, 11) is 0. The Morgan fingerprint density at radius 3 is 2.14 bits per heavy atom. The molecule has 0 nitrogen and oxygen atoms in total. The number of rotatable bonds is 4. The molecule has 0 radical (unpaired) electrons. The Labute approximate surface area is 125 Å². The van der Waals surface area contributed by atoms with E-state index in [1.54, 1.807) is 0 Å². The standard InChI is InChI=1S/C18H25F3/c1-13-10-17(4,14(13)2)16(3,12-18(19,20)21)11-15-8-6-5-7-9-15/h5-9,13-14H,10-12H2,1-4H3. The lowest BCUT2D eigenvalue weighted by Crippen LogP contribution is -2.55. The van der Waals surface area contributed by atoms with Gasteiger partial charge in [-0.2, -0.15) is 13.2 Å². The fourth-order valence-electron chi connectivity index (χ4n) is 4.25. The Hall–Kier alpha value is -0.990. The van der Waals surface area contributed by atoms with E-state index in [1.165, 1.54) is 0 Å². The van der Waals surface area contributed by atoms with Crippen LogP contribution in [0.4, 0.5) is 13.2 Å². The lowest BCUT2D eigenvalue weighted by atomic mass is 9.44. The second kappa shape index (κ2) is 5.33. The maximum absolute atomic E-state index is 13.2. The van der Waals surface area contributed by atoms with Gasteiger partial charge in [0.15, 0.2) is 0 Å². The molecule has 4 unspecified atom stereocenters. The van der Waals surface area contributed by atoms with Crippen LogP contribution < -0.4 is 0 Å². The maximum Gasteiger partial charge on any atom is 0.389 e. The average Bonchev–Trinajstić information content (AvgIpc) is 2.37. The molecule has 1 aromatic carbocycles. The highest BCUT2D eigenvalue weighted by Crippen LogP contribution is 2.63. The molecule has 3 heteroatoms. The van der Waals surface area contributed by atoms with Crippen molar-refractivity contribution < 1.29 is 13.2 Å². The first-order valence-electron chi connectivity index (χ1n) is 7.68. The molecule has 1 aliphatic rings. The van der Waals surface area contributed by atoms with Gasteiger partial charge in [0.1, 0.15) is 0 Å². The van der Waals surface area contributed by atoms with Gasteiger partial charge in [-0.25, -0.2) is 0 Å². The van der Waals surface area contributed by atoms with E-state index in [4.69, 9.17) is 0 Å². The van der Waals surface area contributed by atoms with E-state index in [2.05, 4.69) is 13.8 Å². The summed E-state index contributed by atoms with van der Waals surface area (Å²) in [6, 6.07) is 9.58. The molecule has 2 rings (SSSR count). The highest BCUT2D eigenvalue weighted by Gasteiger charge is 2.58. The van der Waals surface area contributed by atoms with E-state index in [9.17, 15) is 13.2 Å². The van der Waals surface area contributed by atoms with Crippen LogP contribution in [0.15, 0.2) is 30.3 Å². The summed E-state index contributed by atoms with van der Waals surface area (Å²) in [4.78, 5) is 0. The summed E-state index contributed by atoms with van der Waals surface area (Å²) < 4.78 is 39.5. The first-order valence-corrected chi connectivity index (χ1v) is 7.68. The van der Waals surface area contributed by atoms with Crippen molar-refractivity contribution in [2.75, 3.05) is 0 Å². The van der Waals surface area contributed by atoms with Crippen LogP contribution in [0.5, 0.6) is 0 Å². The first-order chi connectivity index (χ1) is 9.57. The van der Waals surface area contributed by atoms with Gasteiger partial charge in [0.05, 0.1) is 0 Å². The molecular formula is C18H25F3. The van der Waals surface area contributed by atoms with Gasteiger partial charge in [0, 0.05) is 6.42 Å². The van der Waals surface area contributed by atoms with Crippen LogP contribution in [-0.4, -0.2) is 6.18 Å². The quantitative estimate of drug-likeness (QED) is 0.652. The molecule has 0 bridgehead atoms. The van der Waals surface area contributed by atoms with Crippen molar-refractivity contribution in [1.29, 1.82) is 0 Å². The molecule has 0 spiro atoms. The van der Waals surface area contributed by atoms with Crippen LogP contribution in [0, 0.1) is 22.7 Å². The zero-order chi connectivity index (χ0) is 15.9. The summed E-state index contributed by atoms with van der Waals surface area (Å²) in [6.45, 7) is 8.12. The minimum Gasteiger partial charge on any atom is -0.171 e. The number of halogens is 3. The smallest absolute Gasteiger partial charge is 0.171 e. The van der Waals surface area contributed by atoms with Crippen LogP contribution in [0.3, 0.4) is 0 Å². The molecule has 1 aliphatic carbocycles. The molecule has 0 saturated heterocycles. The van der Waals surface area contributed by atoms with Crippen LogP contribution in [0.2, 0.25) is 0 Å². The molecule has 0 amide bonds. The molecule has 1 aromatic rings. The Balaban J connectivity index is 2.31. The fraction of sp³-hybridized carbons (Fsp3) is 0.667. The Bertz CT molecular complexity index is 479. The lowest BCUT2D eigenvalue weighted by molar-refractivity contribution is -0.202. The molecule has 1 saturated carbocycles. The SMILES string of the molecule is CC1CC(C)(C(C)(Cc2ccccc2)CC(F)(F)F)C1C. The number of hydrogen-bond acceptors (Lipinski definition) is 0. The van der Waals surface area contributed by atoms with E-state index in [0.29, 0.717) is 18.3 Å². The molecular weight excluding hydrogens is 273 g/mol. The van der Waals surface area contributed by atoms with Crippen molar-refractivity contribution in [2.24, 2.45) is 22.7 Å². The monoisotopic (exact) mass is 298 g/mol. The Kier molecular flexibility index (Phi) is 4.16. The zero-order valence-corrected chi connectivity index (χ0v) is 13.3. The molecule has 0 aliphatic heterocycles. The molecule has 0 heterocycles. The minimum atomic E-state index is -4.12. The highest BCUT2D eigenvalue weighted by atomic mass is 19.4. The Morgan fingerprint density at radius 1 is 1.14 bits per heavy atom. The van der Waals surface area contributed by atoms with Crippen LogP contribution in [-0.2, 0) is 6.42 Å². The lowest BCUT2D eigenvalue weighted by Gasteiger charge is -2.61. The predicted molar refractivity (Wildman–Crippen MR) is 80.0 cm³/mol. The van der Waals surface area contributed by atoms with Crippen molar-refractivity contribution in [3.05, 3.63) is 35.9 Å². The summed E-state index contributed by atoms with van der Waals surface area (Å²) >= 11 is 0. The third kappa shape index (κ3) is 3.12. The van der Waals surface area contributed by atoms with Crippen molar-refractivity contribution in [1.82, 2.24) is 0 Å². The molecule has 118 valence electrons. The summed E-state index contributed by atoms with van der Waals surface area (Å²) in [6.07, 6.45) is -3.46. The average molecular weight is 298 g/mol. The van der Waals surface area contributed by atoms with Crippen molar-refractivity contribution in [3.8, 4) is 0 Å².